The van der Waals surface area contributed by atoms with Crippen LogP contribution in [0.2, 0.25) is 0 Å². The van der Waals surface area contributed by atoms with Crippen LogP contribution in [-0.4, -0.2) is 24.8 Å². The summed E-state index contributed by atoms with van der Waals surface area (Å²) in [4.78, 5) is 1.75. The Morgan fingerprint density at radius 3 is 2.59 bits per heavy atom. The highest BCUT2D eigenvalue weighted by atomic mass is 19.4. The molecule has 1 aromatic carbocycles. The average Bonchev–Trinajstić information content (AvgIpc) is 2.55. The molecule has 2 rings (SSSR count). The van der Waals surface area contributed by atoms with Crippen LogP contribution in [0.3, 0.4) is 0 Å². The van der Waals surface area contributed by atoms with E-state index in [1.807, 2.05) is 0 Å². The molecule has 5 heteroatoms. The van der Waals surface area contributed by atoms with Gasteiger partial charge in [-0.15, -0.1) is 0 Å². The summed E-state index contributed by atoms with van der Waals surface area (Å²) in [6, 6.07) is 4.14. The van der Waals surface area contributed by atoms with Crippen molar-refractivity contribution in [2.75, 3.05) is 18.5 Å². The number of anilines is 1. The van der Waals surface area contributed by atoms with E-state index in [0.717, 1.165) is 6.07 Å². The van der Waals surface area contributed by atoms with Crippen molar-refractivity contribution < 1.29 is 18.3 Å². The van der Waals surface area contributed by atoms with Crippen molar-refractivity contribution in [3.8, 4) is 0 Å². The molecule has 0 fully saturated rings. The maximum Gasteiger partial charge on any atom is 0.416 e. The summed E-state index contributed by atoms with van der Waals surface area (Å²) < 4.78 is 38.7. The molecule has 0 saturated heterocycles. The largest absolute Gasteiger partial charge is 0.416 e. The maximum atomic E-state index is 12.9. The summed E-state index contributed by atoms with van der Waals surface area (Å²) in [7, 11) is 1.74. The molecule has 0 bridgehead atoms. The highest BCUT2D eigenvalue weighted by Gasteiger charge is 2.41. The first kappa shape index (κ1) is 12.2. The fourth-order valence-corrected chi connectivity index (χ4v) is 2.40. The number of nitrogens with zero attached hydrogens (tertiary/aromatic N) is 1. The molecule has 0 saturated carbocycles. The monoisotopic (exact) mass is 245 g/mol. The number of likely N-dealkylation sites (N-methyl/N-ethyl adjacent to an activating group) is 1. The second kappa shape index (κ2) is 3.91. The van der Waals surface area contributed by atoms with Crippen LogP contribution in [0.15, 0.2) is 18.2 Å². The molecular weight excluding hydrogens is 231 g/mol. The van der Waals surface area contributed by atoms with E-state index >= 15 is 0 Å². The zero-order chi connectivity index (χ0) is 12.8. The third-order valence-electron chi connectivity index (χ3n) is 3.22. The van der Waals surface area contributed by atoms with Crippen molar-refractivity contribution in [1.82, 2.24) is 0 Å². The SMILES string of the molecule is CC(O)C1CN(C)c2cccc(C(F)(F)F)c21. The molecule has 2 atom stereocenters. The van der Waals surface area contributed by atoms with Gasteiger partial charge in [-0.25, -0.2) is 0 Å². The molecule has 2 nitrogen and oxygen atoms in total. The Morgan fingerprint density at radius 2 is 2.06 bits per heavy atom. The van der Waals surface area contributed by atoms with E-state index in [2.05, 4.69) is 0 Å². The zero-order valence-electron chi connectivity index (χ0n) is 9.62. The van der Waals surface area contributed by atoms with E-state index in [-0.39, 0.29) is 5.56 Å². The number of halogens is 3. The summed E-state index contributed by atoms with van der Waals surface area (Å²) in [5.74, 6) is -0.479. The minimum atomic E-state index is -4.37. The highest BCUT2D eigenvalue weighted by Crippen LogP contribution is 2.44. The van der Waals surface area contributed by atoms with Crippen LogP contribution in [-0.2, 0) is 6.18 Å². The van der Waals surface area contributed by atoms with E-state index in [0.29, 0.717) is 12.2 Å². The summed E-state index contributed by atoms with van der Waals surface area (Å²) >= 11 is 0. The number of rotatable bonds is 1. The number of aliphatic hydroxyl groups excluding tert-OH is 1. The molecule has 1 aromatic rings. The normalized spacial score (nSPS) is 21.5. The molecule has 17 heavy (non-hydrogen) atoms. The summed E-state index contributed by atoms with van der Waals surface area (Å²) in [6.45, 7) is 1.95. The Labute approximate surface area is 97.7 Å². The molecule has 1 aliphatic heterocycles. The average molecular weight is 245 g/mol. The second-order valence-corrected chi connectivity index (χ2v) is 4.46. The Kier molecular flexibility index (Phi) is 2.81. The molecule has 0 spiro atoms. The zero-order valence-corrected chi connectivity index (χ0v) is 9.62. The molecule has 0 aromatic heterocycles. The lowest BCUT2D eigenvalue weighted by atomic mass is 9.92. The predicted octanol–water partition coefficient (Wildman–Crippen LogP) is 2.62. The van der Waals surface area contributed by atoms with Gasteiger partial charge < -0.3 is 10.0 Å². The van der Waals surface area contributed by atoms with Crippen molar-refractivity contribution in [2.45, 2.75) is 25.1 Å². The van der Waals surface area contributed by atoms with Gasteiger partial charge in [0.2, 0.25) is 0 Å². The Bertz CT molecular complexity index is 428. The van der Waals surface area contributed by atoms with Gasteiger partial charge in [0.25, 0.3) is 0 Å². The lowest BCUT2D eigenvalue weighted by molar-refractivity contribution is -0.138. The molecule has 1 N–H and O–H groups in total. The maximum absolute atomic E-state index is 12.9. The van der Waals surface area contributed by atoms with Crippen LogP contribution in [0.5, 0.6) is 0 Å². The van der Waals surface area contributed by atoms with Gasteiger partial charge in [0.05, 0.1) is 11.7 Å². The third kappa shape index (κ3) is 1.99. The summed E-state index contributed by atoms with van der Waals surface area (Å²) in [5, 5.41) is 9.61. The standard InChI is InChI=1S/C12H14F3NO/c1-7(17)8-6-16(2)10-5-3-4-9(11(8)10)12(13,14)15/h3-5,7-8,17H,6H2,1-2H3. The molecular formula is C12H14F3NO. The van der Waals surface area contributed by atoms with Crippen molar-refractivity contribution >= 4 is 5.69 Å². The molecule has 0 radical (unpaired) electrons. The van der Waals surface area contributed by atoms with Crippen molar-refractivity contribution in [1.29, 1.82) is 0 Å². The van der Waals surface area contributed by atoms with E-state index < -0.39 is 23.8 Å². The van der Waals surface area contributed by atoms with Crippen LogP contribution < -0.4 is 4.90 Å². The fraction of sp³-hybridized carbons (Fsp3) is 0.500. The van der Waals surface area contributed by atoms with Crippen LogP contribution in [0.25, 0.3) is 0 Å². The van der Waals surface area contributed by atoms with Crippen molar-refractivity contribution in [3.05, 3.63) is 29.3 Å². The predicted molar refractivity (Wildman–Crippen MR) is 59.1 cm³/mol. The first-order chi connectivity index (χ1) is 7.82. The number of hydrogen-bond acceptors (Lipinski definition) is 2. The molecule has 1 heterocycles. The fourth-order valence-electron chi connectivity index (χ4n) is 2.40. The topological polar surface area (TPSA) is 23.5 Å². The van der Waals surface area contributed by atoms with Gasteiger partial charge >= 0.3 is 6.18 Å². The lowest BCUT2D eigenvalue weighted by Crippen LogP contribution is -2.22. The van der Waals surface area contributed by atoms with Gasteiger partial charge in [-0.2, -0.15) is 13.2 Å². The van der Waals surface area contributed by atoms with E-state index in [1.54, 1.807) is 18.0 Å². The van der Waals surface area contributed by atoms with Crippen LogP contribution in [0.4, 0.5) is 18.9 Å². The summed E-state index contributed by atoms with van der Waals surface area (Å²) in [5.41, 5.74) is 0.147. The van der Waals surface area contributed by atoms with Gasteiger partial charge in [0.1, 0.15) is 0 Å². The van der Waals surface area contributed by atoms with E-state index in [1.165, 1.54) is 13.0 Å². The summed E-state index contributed by atoms with van der Waals surface area (Å²) in [6.07, 6.45) is -5.16. The molecule has 0 amide bonds. The first-order valence-corrected chi connectivity index (χ1v) is 5.41. The molecule has 1 aliphatic rings. The number of hydrogen-bond donors (Lipinski definition) is 1. The number of alkyl halides is 3. The Morgan fingerprint density at radius 1 is 1.41 bits per heavy atom. The van der Waals surface area contributed by atoms with Gasteiger partial charge in [-0.1, -0.05) is 6.07 Å². The number of aliphatic hydroxyl groups is 1. The third-order valence-corrected chi connectivity index (χ3v) is 3.22. The lowest BCUT2D eigenvalue weighted by Gasteiger charge is -2.18. The van der Waals surface area contributed by atoms with Crippen molar-refractivity contribution in [3.63, 3.8) is 0 Å². The van der Waals surface area contributed by atoms with Gasteiger partial charge in [-0.3, -0.25) is 0 Å². The van der Waals surface area contributed by atoms with Crippen molar-refractivity contribution in [2.24, 2.45) is 0 Å². The van der Waals surface area contributed by atoms with Crippen LogP contribution >= 0.6 is 0 Å². The smallest absolute Gasteiger partial charge is 0.393 e. The van der Waals surface area contributed by atoms with Crippen LogP contribution in [0.1, 0.15) is 24.0 Å². The second-order valence-electron chi connectivity index (χ2n) is 4.46. The minimum Gasteiger partial charge on any atom is -0.393 e. The first-order valence-electron chi connectivity index (χ1n) is 5.41. The van der Waals surface area contributed by atoms with E-state index in [4.69, 9.17) is 0 Å². The Hall–Kier alpha value is -1.23. The Balaban J connectivity index is 2.60. The number of fused-ring (bicyclic) bond motifs is 1. The van der Waals surface area contributed by atoms with E-state index in [9.17, 15) is 18.3 Å². The van der Waals surface area contributed by atoms with Gasteiger partial charge in [-0.05, 0) is 24.6 Å². The quantitative estimate of drug-likeness (QED) is 0.822. The van der Waals surface area contributed by atoms with Crippen LogP contribution in [0, 0.1) is 0 Å². The highest BCUT2D eigenvalue weighted by molar-refractivity contribution is 5.63. The van der Waals surface area contributed by atoms with Gasteiger partial charge in [0, 0.05) is 25.2 Å². The number of benzene rings is 1. The van der Waals surface area contributed by atoms with Gasteiger partial charge in [0.15, 0.2) is 0 Å². The molecule has 2 unspecified atom stereocenters. The minimum absolute atomic E-state index is 0.220. The molecule has 0 aliphatic carbocycles. The molecule has 94 valence electrons.